The molecule has 0 heterocycles. The van der Waals surface area contributed by atoms with Gasteiger partial charge in [0.15, 0.2) is 0 Å². The van der Waals surface area contributed by atoms with E-state index >= 15 is 0 Å². The predicted octanol–water partition coefficient (Wildman–Crippen LogP) is 1.10. The van der Waals surface area contributed by atoms with Gasteiger partial charge in [-0.1, -0.05) is 0 Å². The van der Waals surface area contributed by atoms with Gasteiger partial charge in [0.05, 0.1) is 5.25 Å². The molecule has 1 saturated carbocycles. The molecule has 1 fully saturated rings. The molecule has 0 aromatic rings. The van der Waals surface area contributed by atoms with Crippen molar-refractivity contribution in [1.82, 2.24) is 0 Å². The molecule has 0 saturated heterocycles. The lowest BCUT2D eigenvalue weighted by Crippen LogP contribution is -2.33. The van der Waals surface area contributed by atoms with Gasteiger partial charge in [0.2, 0.25) is 16.4 Å². The lowest BCUT2D eigenvalue weighted by molar-refractivity contribution is 0.0567. The first-order chi connectivity index (χ1) is 5.91. The maximum Gasteiger partial charge on any atom is 0.241 e. The number of hydrogen-bond donors (Lipinski definition) is 1. The largest absolute Gasteiger partial charge is 0.241 e. The van der Waals surface area contributed by atoms with Crippen molar-refractivity contribution in [2.45, 2.75) is 37.4 Å². The summed E-state index contributed by atoms with van der Waals surface area (Å²) in [5.74, 6) is -0.641. The highest BCUT2D eigenvalue weighted by molar-refractivity contribution is 7.89. The molecule has 0 bridgehead atoms. The Morgan fingerprint density at radius 2 is 1.62 bits per heavy atom. The quantitative estimate of drug-likeness (QED) is 0.746. The number of halogens is 2. The van der Waals surface area contributed by atoms with Crippen molar-refractivity contribution in [2.24, 2.45) is 11.1 Å². The molecule has 0 radical (unpaired) electrons. The van der Waals surface area contributed by atoms with Crippen LogP contribution in [0, 0.1) is 5.92 Å². The molecular weight excluding hydrogens is 200 g/mol. The lowest BCUT2D eigenvalue weighted by atomic mass is 9.89. The third-order valence-electron chi connectivity index (χ3n) is 2.54. The Balaban J connectivity index is 2.49. The average Bonchev–Trinajstić information content (AvgIpc) is 2.03. The molecule has 0 amide bonds. The summed E-state index contributed by atoms with van der Waals surface area (Å²) in [5.41, 5.74) is 0. The number of rotatable bonds is 2. The fourth-order valence-electron chi connectivity index (χ4n) is 1.67. The van der Waals surface area contributed by atoms with Crippen molar-refractivity contribution in [3.8, 4) is 0 Å². The summed E-state index contributed by atoms with van der Waals surface area (Å²) >= 11 is 0. The maximum atomic E-state index is 12.2. The predicted molar refractivity (Wildman–Crippen MR) is 44.9 cm³/mol. The maximum absolute atomic E-state index is 12.2. The Hall–Kier alpha value is -0.230. The van der Waals surface area contributed by atoms with Crippen LogP contribution in [0.4, 0.5) is 8.78 Å². The Bertz CT molecular complexity index is 258. The van der Waals surface area contributed by atoms with Crippen LogP contribution in [-0.4, -0.2) is 20.1 Å². The minimum atomic E-state index is -3.52. The Morgan fingerprint density at radius 3 is 1.92 bits per heavy atom. The van der Waals surface area contributed by atoms with E-state index in [0.29, 0.717) is 0 Å². The molecule has 0 unspecified atom stereocenters. The fraction of sp³-hybridized carbons (Fsp3) is 1.00. The van der Waals surface area contributed by atoms with Gasteiger partial charge in [0.1, 0.15) is 0 Å². The summed E-state index contributed by atoms with van der Waals surface area (Å²) in [6.07, 6.45) is -1.26. The highest BCUT2D eigenvalue weighted by Gasteiger charge is 2.32. The van der Waals surface area contributed by atoms with E-state index in [2.05, 4.69) is 0 Å². The van der Waals surface area contributed by atoms with Crippen LogP contribution in [0.5, 0.6) is 0 Å². The Kier molecular flexibility index (Phi) is 3.23. The summed E-state index contributed by atoms with van der Waals surface area (Å²) in [6, 6.07) is 0. The van der Waals surface area contributed by atoms with E-state index in [0.717, 1.165) is 0 Å². The first kappa shape index (κ1) is 10.8. The topological polar surface area (TPSA) is 60.2 Å². The Labute approximate surface area is 76.4 Å². The molecule has 0 aromatic carbocycles. The standard InChI is InChI=1S/C7H13F2NO2S/c8-7(9)5-1-3-6(4-2-5)13(10,11)12/h5-7H,1-4H2,(H2,10,11,12). The molecule has 3 nitrogen and oxygen atoms in total. The zero-order valence-corrected chi connectivity index (χ0v) is 7.93. The smallest absolute Gasteiger partial charge is 0.228 e. The van der Waals surface area contributed by atoms with Gasteiger partial charge < -0.3 is 0 Å². The molecule has 1 aliphatic rings. The van der Waals surface area contributed by atoms with Gasteiger partial charge in [0.25, 0.3) is 0 Å². The van der Waals surface area contributed by atoms with Gasteiger partial charge in [-0.3, -0.25) is 0 Å². The number of alkyl halides is 2. The van der Waals surface area contributed by atoms with E-state index in [-0.39, 0.29) is 25.7 Å². The second kappa shape index (κ2) is 3.88. The zero-order chi connectivity index (χ0) is 10.1. The Morgan fingerprint density at radius 1 is 1.15 bits per heavy atom. The molecule has 13 heavy (non-hydrogen) atoms. The highest BCUT2D eigenvalue weighted by Crippen LogP contribution is 2.31. The van der Waals surface area contributed by atoms with Crippen LogP contribution in [0.3, 0.4) is 0 Å². The van der Waals surface area contributed by atoms with E-state index in [9.17, 15) is 17.2 Å². The number of nitrogens with two attached hydrogens (primary N) is 1. The summed E-state index contributed by atoms with van der Waals surface area (Å²) in [5, 5.41) is 4.31. The second-order valence-electron chi connectivity index (χ2n) is 3.46. The number of primary sulfonamides is 1. The van der Waals surface area contributed by atoms with Gasteiger partial charge >= 0.3 is 0 Å². The summed E-state index contributed by atoms with van der Waals surface area (Å²) in [7, 11) is -3.52. The van der Waals surface area contributed by atoms with Gasteiger partial charge in [0, 0.05) is 5.92 Å². The molecule has 2 N–H and O–H groups in total. The molecule has 1 aliphatic carbocycles. The van der Waals surface area contributed by atoms with Gasteiger partial charge in [-0.15, -0.1) is 0 Å². The van der Waals surface area contributed by atoms with Crippen LogP contribution in [0.25, 0.3) is 0 Å². The molecule has 1 rings (SSSR count). The summed E-state index contributed by atoms with van der Waals surface area (Å²) in [6.45, 7) is 0. The monoisotopic (exact) mass is 213 g/mol. The normalized spacial score (nSPS) is 30.8. The van der Waals surface area contributed by atoms with Crippen molar-refractivity contribution >= 4 is 10.0 Å². The summed E-state index contributed by atoms with van der Waals surface area (Å²) in [4.78, 5) is 0. The van der Waals surface area contributed by atoms with Crippen molar-refractivity contribution in [2.75, 3.05) is 0 Å². The van der Waals surface area contributed by atoms with Crippen LogP contribution in [0.2, 0.25) is 0 Å². The lowest BCUT2D eigenvalue weighted by Gasteiger charge is -2.26. The molecule has 0 aliphatic heterocycles. The minimum absolute atomic E-state index is 0.263. The van der Waals surface area contributed by atoms with Crippen LogP contribution in [-0.2, 0) is 10.0 Å². The molecule has 6 heteroatoms. The molecule has 78 valence electrons. The zero-order valence-electron chi connectivity index (χ0n) is 7.12. The van der Waals surface area contributed by atoms with Crippen molar-refractivity contribution in [3.63, 3.8) is 0 Å². The minimum Gasteiger partial charge on any atom is -0.228 e. The van der Waals surface area contributed by atoms with Gasteiger partial charge in [-0.05, 0) is 25.7 Å². The highest BCUT2D eigenvalue weighted by atomic mass is 32.2. The second-order valence-corrected chi connectivity index (χ2v) is 5.30. The molecule has 0 atom stereocenters. The first-order valence-corrected chi connectivity index (χ1v) is 5.82. The van der Waals surface area contributed by atoms with Crippen LogP contribution >= 0.6 is 0 Å². The van der Waals surface area contributed by atoms with Crippen LogP contribution in [0.1, 0.15) is 25.7 Å². The van der Waals surface area contributed by atoms with E-state index in [1.54, 1.807) is 0 Å². The third kappa shape index (κ3) is 2.87. The molecular formula is C7H13F2NO2S. The van der Waals surface area contributed by atoms with Crippen molar-refractivity contribution < 1.29 is 17.2 Å². The van der Waals surface area contributed by atoms with E-state index < -0.39 is 27.6 Å². The average molecular weight is 213 g/mol. The van der Waals surface area contributed by atoms with Crippen LogP contribution in [0.15, 0.2) is 0 Å². The van der Waals surface area contributed by atoms with Crippen LogP contribution < -0.4 is 5.14 Å². The molecule has 0 aromatic heterocycles. The van der Waals surface area contributed by atoms with Gasteiger partial charge in [-0.2, -0.15) is 0 Å². The van der Waals surface area contributed by atoms with Crippen molar-refractivity contribution in [1.29, 1.82) is 0 Å². The summed E-state index contributed by atoms with van der Waals surface area (Å²) < 4.78 is 46.0. The third-order valence-corrected chi connectivity index (χ3v) is 3.94. The number of hydrogen-bond acceptors (Lipinski definition) is 2. The van der Waals surface area contributed by atoms with E-state index in [4.69, 9.17) is 5.14 Å². The van der Waals surface area contributed by atoms with Gasteiger partial charge in [-0.25, -0.2) is 22.3 Å². The SMILES string of the molecule is NS(=O)(=O)C1CCC(C(F)F)CC1. The first-order valence-electron chi connectivity index (χ1n) is 4.21. The fourth-order valence-corrected chi connectivity index (χ4v) is 2.60. The molecule has 0 spiro atoms. The van der Waals surface area contributed by atoms with E-state index in [1.165, 1.54) is 0 Å². The number of sulfonamides is 1. The van der Waals surface area contributed by atoms with E-state index in [1.807, 2.05) is 0 Å². The van der Waals surface area contributed by atoms with Crippen molar-refractivity contribution in [3.05, 3.63) is 0 Å².